The summed E-state index contributed by atoms with van der Waals surface area (Å²) in [6.45, 7) is 5.16. The highest BCUT2D eigenvalue weighted by Gasteiger charge is 2.46. The zero-order chi connectivity index (χ0) is 30.4. The van der Waals surface area contributed by atoms with Crippen LogP contribution in [-0.2, 0) is 4.74 Å². The van der Waals surface area contributed by atoms with Crippen molar-refractivity contribution in [1.29, 1.82) is 0 Å². The first-order chi connectivity index (χ1) is 19.7. The summed E-state index contributed by atoms with van der Waals surface area (Å²) in [7, 11) is 1.46. The van der Waals surface area contributed by atoms with Gasteiger partial charge in [-0.05, 0) is 58.1 Å². The molecule has 2 fully saturated rings. The summed E-state index contributed by atoms with van der Waals surface area (Å²) >= 11 is 0. The SMILES string of the molecule is CN(C(=O)OC(C)(C)C)c1cc(Nc2cccn(C3CC(F)(F)C3)c2=O)nc2c(C(=O)/N=C/C3CC[C@H](O)C3)cnn12. The largest absolute Gasteiger partial charge is 0.443 e. The Kier molecular flexibility index (Phi) is 7.60. The van der Waals surface area contributed by atoms with Crippen LogP contribution in [0.15, 0.2) is 40.4 Å². The van der Waals surface area contributed by atoms with Gasteiger partial charge in [0.2, 0.25) is 0 Å². The molecule has 12 nitrogen and oxygen atoms in total. The van der Waals surface area contributed by atoms with E-state index in [1.807, 2.05) is 0 Å². The van der Waals surface area contributed by atoms with Gasteiger partial charge in [0, 0.05) is 44.4 Å². The second kappa shape index (κ2) is 10.9. The van der Waals surface area contributed by atoms with E-state index in [4.69, 9.17) is 4.74 Å². The van der Waals surface area contributed by atoms with Crippen LogP contribution in [0.2, 0.25) is 0 Å². The summed E-state index contributed by atoms with van der Waals surface area (Å²) in [5, 5.41) is 17.0. The molecule has 0 spiro atoms. The molecule has 2 N–H and O–H groups in total. The van der Waals surface area contributed by atoms with Gasteiger partial charge in [-0.1, -0.05) is 0 Å². The molecule has 2 saturated carbocycles. The molecule has 2 amide bonds. The van der Waals surface area contributed by atoms with Crippen molar-refractivity contribution in [2.24, 2.45) is 10.9 Å². The Morgan fingerprint density at radius 3 is 2.67 bits per heavy atom. The number of halogens is 2. The van der Waals surface area contributed by atoms with Crippen molar-refractivity contribution in [1.82, 2.24) is 19.2 Å². The minimum atomic E-state index is -2.80. The molecule has 5 rings (SSSR count). The Morgan fingerprint density at radius 1 is 1.29 bits per heavy atom. The topological polar surface area (TPSA) is 143 Å². The quantitative estimate of drug-likeness (QED) is 0.407. The molecule has 0 aromatic carbocycles. The van der Waals surface area contributed by atoms with Gasteiger partial charge in [0.15, 0.2) is 5.65 Å². The monoisotopic (exact) mass is 585 g/mol. The first kappa shape index (κ1) is 29.3. The average Bonchev–Trinajstić information content (AvgIpc) is 3.51. The van der Waals surface area contributed by atoms with E-state index in [1.54, 1.807) is 26.8 Å². The number of aromatic nitrogens is 4. The number of carbonyl (C=O) groups is 2. The molecule has 2 atom stereocenters. The van der Waals surface area contributed by atoms with Crippen molar-refractivity contribution in [3.63, 3.8) is 0 Å². The number of hydrogen-bond acceptors (Lipinski definition) is 8. The number of hydrogen-bond donors (Lipinski definition) is 2. The molecule has 42 heavy (non-hydrogen) atoms. The number of ether oxygens (including phenoxy) is 1. The number of carbonyl (C=O) groups excluding carboxylic acids is 2. The molecular weight excluding hydrogens is 552 g/mol. The fraction of sp³-hybridized carbons (Fsp3) is 0.500. The third-order valence-electron chi connectivity index (χ3n) is 7.24. The fourth-order valence-corrected chi connectivity index (χ4v) is 5.05. The van der Waals surface area contributed by atoms with E-state index in [0.717, 1.165) is 6.42 Å². The number of pyridine rings is 1. The van der Waals surface area contributed by atoms with Crippen molar-refractivity contribution in [3.8, 4) is 0 Å². The number of aliphatic hydroxyl groups is 1. The highest BCUT2D eigenvalue weighted by atomic mass is 19.3. The van der Waals surface area contributed by atoms with E-state index in [2.05, 4.69) is 20.4 Å². The van der Waals surface area contributed by atoms with Gasteiger partial charge in [-0.2, -0.15) is 9.61 Å². The molecule has 3 aromatic rings. The fourth-order valence-electron chi connectivity index (χ4n) is 5.05. The van der Waals surface area contributed by atoms with Crippen molar-refractivity contribution in [2.75, 3.05) is 17.3 Å². The normalized spacial score (nSPS) is 20.5. The van der Waals surface area contributed by atoms with Crippen molar-refractivity contribution in [2.45, 2.75) is 76.5 Å². The number of aliphatic hydroxyl groups excluding tert-OH is 1. The number of nitrogens with one attached hydrogen (secondary N) is 1. The lowest BCUT2D eigenvalue weighted by molar-refractivity contribution is -0.104. The highest BCUT2D eigenvalue weighted by Crippen LogP contribution is 2.44. The summed E-state index contributed by atoms with van der Waals surface area (Å²) < 4.78 is 35.0. The van der Waals surface area contributed by atoms with E-state index in [9.17, 15) is 28.3 Å². The minimum absolute atomic E-state index is 0.0271. The van der Waals surface area contributed by atoms with Crippen LogP contribution in [-0.4, -0.2) is 67.2 Å². The number of amides is 2. The van der Waals surface area contributed by atoms with Gasteiger partial charge in [-0.25, -0.2) is 23.6 Å². The van der Waals surface area contributed by atoms with Gasteiger partial charge in [0.05, 0.1) is 12.3 Å². The first-order valence-corrected chi connectivity index (χ1v) is 13.7. The lowest BCUT2D eigenvalue weighted by atomic mass is 9.88. The van der Waals surface area contributed by atoms with Gasteiger partial charge in [0.25, 0.3) is 17.4 Å². The molecule has 224 valence electrons. The number of alkyl halides is 2. The third-order valence-corrected chi connectivity index (χ3v) is 7.24. The Bertz CT molecular complexity index is 1600. The predicted octanol–water partition coefficient (Wildman–Crippen LogP) is 4.35. The Balaban J connectivity index is 1.52. The van der Waals surface area contributed by atoms with Gasteiger partial charge in [-0.3, -0.25) is 14.5 Å². The molecule has 2 aliphatic rings. The Hall–Kier alpha value is -4.20. The summed E-state index contributed by atoms with van der Waals surface area (Å²) in [4.78, 5) is 49.0. The molecule has 0 aliphatic heterocycles. The molecular formula is C28H33F2N7O5. The van der Waals surface area contributed by atoms with Crippen LogP contribution in [0.1, 0.15) is 69.3 Å². The second-order valence-corrected chi connectivity index (χ2v) is 11.8. The summed E-state index contributed by atoms with van der Waals surface area (Å²) in [5.41, 5.74) is -1.13. The van der Waals surface area contributed by atoms with E-state index >= 15 is 0 Å². The maximum absolute atomic E-state index is 13.5. The molecule has 2 aliphatic carbocycles. The molecule has 0 saturated heterocycles. The van der Waals surface area contributed by atoms with Crippen LogP contribution in [0.25, 0.3) is 5.65 Å². The zero-order valence-corrected chi connectivity index (χ0v) is 23.8. The molecule has 14 heteroatoms. The van der Waals surface area contributed by atoms with Gasteiger partial charge in [-0.15, -0.1) is 0 Å². The van der Waals surface area contributed by atoms with Gasteiger partial charge >= 0.3 is 6.09 Å². The highest BCUT2D eigenvalue weighted by molar-refractivity contribution is 6.04. The number of rotatable bonds is 6. The maximum atomic E-state index is 13.5. The summed E-state index contributed by atoms with van der Waals surface area (Å²) in [6.07, 6.45) is 4.19. The zero-order valence-electron chi connectivity index (χ0n) is 23.8. The van der Waals surface area contributed by atoms with Gasteiger partial charge in [0.1, 0.15) is 28.5 Å². The van der Waals surface area contributed by atoms with Crippen molar-refractivity contribution >= 4 is 41.2 Å². The lowest BCUT2D eigenvalue weighted by Crippen LogP contribution is -2.41. The van der Waals surface area contributed by atoms with Gasteiger partial charge < -0.3 is 19.7 Å². The summed E-state index contributed by atoms with van der Waals surface area (Å²) in [6, 6.07) is 3.88. The number of nitrogens with zero attached hydrogens (tertiary/aromatic N) is 6. The van der Waals surface area contributed by atoms with E-state index in [-0.39, 0.29) is 34.5 Å². The maximum Gasteiger partial charge on any atom is 0.415 e. The number of fused-ring (bicyclic) bond motifs is 1. The lowest BCUT2D eigenvalue weighted by Gasteiger charge is -2.36. The second-order valence-electron chi connectivity index (χ2n) is 11.8. The van der Waals surface area contributed by atoms with Crippen molar-refractivity contribution < 1.29 is 28.2 Å². The molecule has 3 aromatic heterocycles. The predicted molar refractivity (Wildman–Crippen MR) is 151 cm³/mol. The third kappa shape index (κ3) is 6.17. The number of aliphatic imine (C=N–C) groups is 1. The molecule has 0 bridgehead atoms. The van der Waals surface area contributed by atoms with Crippen LogP contribution in [0, 0.1) is 5.92 Å². The van der Waals surface area contributed by atoms with Crippen LogP contribution < -0.4 is 15.8 Å². The minimum Gasteiger partial charge on any atom is -0.443 e. The van der Waals surface area contributed by atoms with Crippen LogP contribution in [0.3, 0.4) is 0 Å². The van der Waals surface area contributed by atoms with E-state index < -0.39 is 54.1 Å². The van der Waals surface area contributed by atoms with Crippen LogP contribution >= 0.6 is 0 Å². The molecule has 1 unspecified atom stereocenters. The average molecular weight is 586 g/mol. The van der Waals surface area contributed by atoms with E-state index in [0.29, 0.717) is 12.8 Å². The first-order valence-electron chi connectivity index (χ1n) is 13.7. The smallest absolute Gasteiger partial charge is 0.415 e. The van der Waals surface area contributed by atoms with Crippen LogP contribution in [0.4, 0.5) is 30.9 Å². The van der Waals surface area contributed by atoms with Crippen LogP contribution in [0.5, 0.6) is 0 Å². The standard InChI is InChI=1S/C28H33F2N7O5/c1-27(2,3)42-26(41)35(4)22-11-21(33-20-6-5-9-36(25(20)40)17-12-28(29,30)13-17)34-23-19(15-32-37(22)23)24(39)31-14-16-7-8-18(38)10-16/h5-6,9,11,14-18,38H,7-8,10,12-13H2,1-4H3,(H,33,34)/b31-14+/t16?,18-/m0/s1. The molecule has 3 heterocycles. The Labute approximate surface area is 240 Å². The number of anilines is 3. The molecule has 0 radical (unpaired) electrons. The Morgan fingerprint density at radius 2 is 2.02 bits per heavy atom. The summed E-state index contributed by atoms with van der Waals surface area (Å²) in [5.74, 6) is -3.17. The van der Waals surface area contributed by atoms with E-state index in [1.165, 1.54) is 51.8 Å². The van der Waals surface area contributed by atoms with Crippen molar-refractivity contribution in [3.05, 3.63) is 46.5 Å².